The Morgan fingerprint density at radius 2 is 2.50 bits per heavy atom. The second kappa shape index (κ2) is 4.65. The molecule has 1 aliphatic heterocycles. The molecule has 1 N–H and O–H groups in total. The van der Waals surface area contributed by atoms with Crippen LogP contribution in [-0.2, 0) is 4.79 Å². The van der Waals surface area contributed by atoms with E-state index in [9.17, 15) is 9.90 Å². The Bertz CT molecular complexity index is 509. The van der Waals surface area contributed by atoms with E-state index < -0.39 is 11.4 Å². The zero-order chi connectivity index (χ0) is 13.2. The third-order valence-electron chi connectivity index (χ3n) is 3.75. The van der Waals surface area contributed by atoms with Crippen LogP contribution >= 0.6 is 0 Å². The number of hydrogen-bond acceptors (Lipinski definition) is 4. The summed E-state index contributed by atoms with van der Waals surface area (Å²) in [6.45, 7) is 2.99. The van der Waals surface area contributed by atoms with Crippen molar-refractivity contribution in [2.45, 2.75) is 19.8 Å². The number of anilines is 1. The molecule has 0 amide bonds. The van der Waals surface area contributed by atoms with Gasteiger partial charge in [-0.15, -0.1) is 0 Å². The monoisotopic (exact) mass is 245 g/mol. The minimum Gasteiger partial charge on any atom is -0.481 e. The number of aliphatic carboxylic acids is 1. The first-order valence-corrected chi connectivity index (χ1v) is 5.95. The van der Waals surface area contributed by atoms with Crippen LogP contribution in [0.25, 0.3) is 0 Å². The number of carbonyl (C=O) groups is 1. The summed E-state index contributed by atoms with van der Waals surface area (Å²) in [7, 11) is 0. The van der Waals surface area contributed by atoms with Gasteiger partial charge < -0.3 is 10.0 Å². The first-order valence-electron chi connectivity index (χ1n) is 5.95. The summed E-state index contributed by atoms with van der Waals surface area (Å²) in [6.07, 6.45) is 4.41. The predicted molar refractivity (Wildman–Crippen MR) is 66.1 cm³/mol. The Kier molecular flexibility index (Phi) is 3.19. The van der Waals surface area contributed by atoms with E-state index in [2.05, 4.69) is 11.1 Å². The van der Waals surface area contributed by atoms with Crippen molar-refractivity contribution in [3.05, 3.63) is 24.0 Å². The fourth-order valence-corrected chi connectivity index (χ4v) is 2.43. The Labute approximate surface area is 106 Å². The van der Waals surface area contributed by atoms with E-state index in [1.807, 2.05) is 11.8 Å². The maximum atomic E-state index is 11.4. The van der Waals surface area contributed by atoms with Crippen molar-refractivity contribution < 1.29 is 9.90 Å². The zero-order valence-electron chi connectivity index (χ0n) is 10.3. The van der Waals surface area contributed by atoms with Gasteiger partial charge in [0.15, 0.2) is 0 Å². The highest BCUT2D eigenvalue weighted by molar-refractivity contribution is 5.77. The lowest BCUT2D eigenvalue weighted by Crippen LogP contribution is -2.34. The van der Waals surface area contributed by atoms with Crippen LogP contribution in [-0.4, -0.2) is 29.1 Å². The van der Waals surface area contributed by atoms with E-state index in [1.54, 1.807) is 18.5 Å². The number of aromatic nitrogens is 1. The van der Waals surface area contributed by atoms with Crippen LogP contribution < -0.4 is 4.90 Å². The van der Waals surface area contributed by atoms with Gasteiger partial charge in [0, 0.05) is 19.3 Å². The third-order valence-corrected chi connectivity index (χ3v) is 3.75. The second-order valence-electron chi connectivity index (χ2n) is 4.62. The fraction of sp³-hybridized carbons (Fsp3) is 0.462. The first kappa shape index (κ1) is 12.4. The standard InChI is InChI=1S/C13H15N3O2/c1-2-13(12(17)18)4-6-16(9-13)11-8-15-5-3-10(11)7-14/h3,5,8H,2,4,6,9H2,1H3,(H,17,18). The molecule has 1 saturated heterocycles. The molecule has 0 radical (unpaired) electrons. The second-order valence-corrected chi connectivity index (χ2v) is 4.62. The van der Waals surface area contributed by atoms with E-state index in [0.29, 0.717) is 31.5 Å². The maximum absolute atomic E-state index is 11.4. The molecule has 1 aromatic heterocycles. The molecule has 2 heterocycles. The minimum absolute atomic E-state index is 0.444. The van der Waals surface area contributed by atoms with Crippen molar-refractivity contribution in [2.24, 2.45) is 5.41 Å². The van der Waals surface area contributed by atoms with Gasteiger partial charge in [0.25, 0.3) is 0 Å². The average molecular weight is 245 g/mol. The maximum Gasteiger partial charge on any atom is 0.311 e. The molecule has 2 rings (SSSR count). The quantitative estimate of drug-likeness (QED) is 0.876. The van der Waals surface area contributed by atoms with Gasteiger partial charge in [0.1, 0.15) is 6.07 Å². The number of hydrogen-bond donors (Lipinski definition) is 1. The van der Waals surface area contributed by atoms with E-state index in [-0.39, 0.29) is 0 Å². The third kappa shape index (κ3) is 1.90. The summed E-state index contributed by atoms with van der Waals surface area (Å²) in [5, 5.41) is 18.4. The van der Waals surface area contributed by atoms with Gasteiger partial charge in [-0.1, -0.05) is 6.92 Å². The van der Waals surface area contributed by atoms with Crippen molar-refractivity contribution >= 4 is 11.7 Å². The van der Waals surface area contributed by atoms with Gasteiger partial charge in [-0.05, 0) is 18.9 Å². The molecule has 5 nitrogen and oxygen atoms in total. The number of nitriles is 1. The summed E-state index contributed by atoms with van der Waals surface area (Å²) >= 11 is 0. The number of rotatable bonds is 3. The Balaban J connectivity index is 2.29. The highest BCUT2D eigenvalue weighted by Gasteiger charge is 2.43. The lowest BCUT2D eigenvalue weighted by atomic mass is 9.84. The molecule has 94 valence electrons. The number of pyridine rings is 1. The van der Waals surface area contributed by atoms with Crippen molar-refractivity contribution in [2.75, 3.05) is 18.0 Å². The van der Waals surface area contributed by atoms with Gasteiger partial charge >= 0.3 is 5.97 Å². The van der Waals surface area contributed by atoms with E-state index in [4.69, 9.17) is 5.26 Å². The summed E-state index contributed by atoms with van der Waals surface area (Å²) in [6, 6.07) is 3.77. The summed E-state index contributed by atoms with van der Waals surface area (Å²) in [5.74, 6) is -0.755. The Hall–Kier alpha value is -2.09. The van der Waals surface area contributed by atoms with Crippen molar-refractivity contribution in [3.8, 4) is 6.07 Å². The Morgan fingerprint density at radius 3 is 3.06 bits per heavy atom. The van der Waals surface area contributed by atoms with E-state index in [1.165, 1.54) is 0 Å². The van der Waals surface area contributed by atoms with Crippen LogP contribution in [0.4, 0.5) is 5.69 Å². The minimum atomic E-state index is -0.755. The number of carboxylic acids is 1. The molecule has 1 unspecified atom stereocenters. The molecule has 0 spiro atoms. The lowest BCUT2D eigenvalue weighted by Gasteiger charge is -2.24. The normalized spacial score (nSPS) is 22.8. The molecule has 1 atom stereocenters. The van der Waals surface area contributed by atoms with Crippen molar-refractivity contribution in [3.63, 3.8) is 0 Å². The molecule has 18 heavy (non-hydrogen) atoms. The zero-order valence-corrected chi connectivity index (χ0v) is 10.3. The van der Waals surface area contributed by atoms with Crippen molar-refractivity contribution in [1.82, 2.24) is 4.98 Å². The average Bonchev–Trinajstić information content (AvgIpc) is 2.84. The highest BCUT2D eigenvalue weighted by atomic mass is 16.4. The topological polar surface area (TPSA) is 77.2 Å². The molecule has 0 aliphatic carbocycles. The van der Waals surface area contributed by atoms with Crippen LogP contribution in [0.2, 0.25) is 0 Å². The fourth-order valence-electron chi connectivity index (χ4n) is 2.43. The predicted octanol–water partition coefficient (Wildman–Crippen LogP) is 1.64. The number of carboxylic acid groups (broad SMARTS) is 1. The largest absolute Gasteiger partial charge is 0.481 e. The Morgan fingerprint density at radius 1 is 1.72 bits per heavy atom. The van der Waals surface area contributed by atoms with Crippen LogP contribution in [0.5, 0.6) is 0 Å². The van der Waals surface area contributed by atoms with E-state index >= 15 is 0 Å². The van der Waals surface area contributed by atoms with Gasteiger partial charge in [-0.3, -0.25) is 9.78 Å². The summed E-state index contributed by atoms with van der Waals surface area (Å²) < 4.78 is 0. The summed E-state index contributed by atoms with van der Waals surface area (Å²) in [5.41, 5.74) is 0.585. The van der Waals surface area contributed by atoms with Gasteiger partial charge in [-0.25, -0.2) is 0 Å². The van der Waals surface area contributed by atoms with Gasteiger partial charge in [0.2, 0.25) is 0 Å². The molecule has 5 heteroatoms. The molecule has 1 aliphatic rings. The molecule has 0 saturated carbocycles. The van der Waals surface area contributed by atoms with Crippen LogP contribution in [0, 0.1) is 16.7 Å². The molecular weight excluding hydrogens is 230 g/mol. The molecule has 0 bridgehead atoms. The lowest BCUT2D eigenvalue weighted by molar-refractivity contribution is -0.147. The van der Waals surface area contributed by atoms with Crippen LogP contribution in [0.1, 0.15) is 25.3 Å². The molecule has 1 aromatic rings. The van der Waals surface area contributed by atoms with Gasteiger partial charge in [-0.2, -0.15) is 5.26 Å². The summed E-state index contributed by atoms with van der Waals surface area (Å²) in [4.78, 5) is 17.3. The number of nitrogens with zero attached hydrogens (tertiary/aromatic N) is 3. The van der Waals surface area contributed by atoms with Crippen LogP contribution in [0.15, 0.2) is 18.5 Å². The SMILES string of the molecule is CCC1(C(=O)O)CCN(c2cnccc2C#N)C1. The first-order chi connectivity index (χ1) is 8.63. The van der Waals surface area contributed by atoms with E-state index in [0.717, 1.165) is 5.69 Å². The smallest absolute Gasteiger partial charge is 0.311 e. The molecule has 1 fully saturated rings. The molecular formula is C13H15N3O2. The van der Waals surface area contributed by atoms with Gasteiger partial charge in [0.05, 0.1) is 22.9 Å². The molecule has 0 aromatic carbocycles. The van der Waals surface area contributed by atoms with Crippen molar-refractivity contribution in [1.29, 1.82) is 5.26 Å². The highest BCUT2D eigenvalue weighted by Crippen LogP contribution is 2.37. The van der Waals surface area contributed by atoms with Crippen LogP contribution in [0.3, 0.4) is 0 Å².